The molecule has 0 aliphatic carbocycles. The summed E-state index contributed by atoms with van der Waals surface area (Å²) in [5.74, 6) is 0. The Kier molecular flexibility index (Phi) is 4.45. The number of fused-ring (bicyclic) bond motifs is 1. The lowest BCUT2D eigenvalue weighted by Crippen LogP contribution is -2.14. The molecule has 1 atom stereocenters. The first kappa shape index (κ1) is 16.3. The van der Waals surface area contributed by atoms with Gasteiger partial charge in [-0.05, 0) is 28.6 Å². The minimum Gasteiger partial charge on any atom is -0.384 e. The molecule has 24 heavy (non-hydrogen) atoms. The highest BCUT2D eigenvalue weighted by Crippen LogP contribution is 2.38. The Labute approximate surface area is 143 Å². The standard InChI is InChI=1S/C21H24N2O/c1-22(2)18-12-8-11-16-17(13-14-19(20(16)18)23(3)4)21(24)15-9-6-5-7-10-15/h5-14,21,24H,1-4H3. The fraction of sp³-hybridized carbons (Fsp3) is 0.238. The maximum Gasteiger partial charge on any atom is 0.105 e. The number of rotatable bonds is 4. The molecule has 0 aromatic heterocycles. The van der Waals surface area contributed by atoms with E-state index in [1.54, 1.807) is 0 Å². The average Bonchev–Trinajstić information content (AvgIpc) is 2.60. The molecule has 3 nitrogen and oxygen atoms in total. The van der Waals surface area contributed by atoms with E-state index in [9.17, 15) is 5.11 Å². The van der Waals surface area contributed by atoms with Gasteiger partial charge >= 0.3 is 0 Å². The van der Waals surface area contributed by atoms with Crippen LogP contribution in [0.1, 0.15) is 17.2 Å². The molecule has 3 aromatic carbocycles. The van der Waals surface area contributed by atoms with Crippen molar-refractivity contribution >= 4 is 22.1 Å². The van der Waals surface area contributed by atoms with Crippen molar-refractivity contribution in [2.45, 2.75) is 6.10 Å². The fourth-order valence-corrected chi connectivity index (χ4v) is 3.19. The Hall–Kier alpha value is -2.52. The quantitative estimate of drug-likeness (QED) is 0.785. The number of aliphatic hydroxyl groups is 1. The van der Waals surface area contributed by atoms with Gasteiger partial charge in [-0.15, -0.1) is 0 Å². The number of nitrogens with zero attached hydrogens (tertiary/aromatic N) is 2. The maximum atomic E-state index is 10.9. The van der Waals surface area contributed by atoms with E-state index in [0.717, 1.165) is 27.9 Å². The van der Waals surface area contributed by atoms with E-state index in [0.29, 0.717) is 0 Å². The van der Waals surface area contributed by atoms with Gasteiger partial charge in [0.25, 0.3) is 0 Å². The predicted molar refractivity (Wildman–Crippen MR) is 103 cm³/mol. The van der Waals surface area contributed by atoms with Crippen molar-refractivity contribution in [2.24, 2.45) is 0 Å². The second-order valence-corrected chi connectivity index (χ2v) is 6.48. The van der Waals surface area contributed by atoms with Crippen LogP contribution in [0, 0.1) is 0 Å². The molecule has 0 spiro atoms. The van der Waals surface area contributed by atoms with Crippen LogP contribution in [-0.4, -0.2) is 33.3 Å². The Morgan fingerprint density at radius 3 is 1.96 bits per heavy atom. The van der Waals surface area contributed by atoms with E-state index in [1.807, 2.05) is 36.4 Å². The van der Waals surface area contributed by atoms with Gasteiger partial charge in [0.1, 0.15) is 6.10 Å². The molecular formula is C21H24N2O. The summed E-state index contributed by atoms with van der Waals surface area (Å²) in [6.07, 6.45) is -0.637. The average molecular weight is 320 g/mol. The van der Waals surface area contributed by atoms with E-state index in [-0.39, 0.29) is 0 Å². The molecule has 0 fully saturated rings. The maximum absolute atomic E-state index is 10.9. The van der Waals surface area contributed by atoms with Gasteiger partial charge < -0.3 is 14.9 Å². The Morgan fingerprint density at radius 2 is 1.33 bits per heavy atom. The van der Waals surface area contributed by atoms with Gasteiger partial charge in [-0.3, -0.25) is 0 Å². The predicted octanol–water partition coefficient (Wildman–Crippen LogP) is 4.05. The molecule has 3 aromatic rings. The third-order valence-corrected chi connectivity index (χ3v) is 4.40. The van der Waals surface area contributed by atoms with Crippen molar-refractivity contribution in [3.63, 3.8) is 0 Å². The monoisotopic (exact) mass is 320 g/mol. The molecule has 1 N–H and O–H groups in total. The van der Waals surface area contributed by atoms with Crippen molar-refractivity contribution in [1.29, 1.82) is 0 Å². The van der Waals surface area contributed by atoms with Gasteiger partial charge in [0.15, 0.2) is 0 Å². The van der Waals surface area contributed by atoms with Gasteiger partial charge in [0, 0.05) is 45.0 Å². The van der Waals surface area contributed by atoms with Crippen LogP contribution in [0.2, 0.25) is 0 Å². The summed E-state index contributed by atoms with van der Waals surface area (Å²) >= 11 is 0. The van der Waals surface area contributed by atoms with Crippen LogP contribution in [0.4, 0.5) is 11.4 Å². The van der Waals surface area contributed by atoms with E-state index in [1.165, 1.54) is 5.39 Å². The van der Waals surface area contributed by atoms with Gasteiger partial charge in [-0.2, -0.15) is 0 Å². The summed E-state index contributed by atoms with van der Waals surface area (Å²) in [6.45, 7) is 0. The van der Waals surface area contributed by atoms with E-state index < -0.39 is 6.10 Å². The topological polar surface area (TPSA) is 26.7 Å². The first-order valence-electron chi connectivity index (χ1n) is 8.14. The summed E-state index contributed by atoms with van der Waals surface area (Å²) < 4.78 is 0. The smallest absolute Gasteiger partial charge is 0.105 e. The lowest BCUT2D eigenvalue weighted by atomic mass is 9.94. The Bertz CT molecular complexity index is 827. The van der Waals surface area contributed by atoms with Crippen LogP contribution in [0.15, 0.2) is 60.7 Å². The highest BCUT2D eigenvalue weighted by atomic mass is 16.3. The van der Waals surface area contributed by atoms with Crippen LogP contribution in [-0.2, 0) is 0 Å². The molecule has 3 rings (SSSR count). The lowest BCUT2D eigenvalue weighted by Gasteiger charge is -2.24. The molecule has 0 amide bonds. The zero-order valence-electron chi connectivity index (χ0n) is 14.7. The molecule has 0 saturated carbocycles. The molecule has 0 aliphatic rings. The summed E-state index contributed by atoms with van der Waals surface area (Å²) in [4.78, 5) is 4.24. The van der Waals surface area contributed by atoms with Crippen LogP contribution in [0.25, 0.3) is 10.8 Å². The summed E-state index contributed by atoms with van der Waals surface area (Å²) in [5.41, 5.74) is 4.15. The van der Waals surface area contributed by atoms with Gasteiger partial charge in [-0.25, -0.2) is 0 Å². The van der Waals surface area contributed by atoms with E-state index in [4.69, 9.17) is 0 Å². The summed E-state index contributed by atoms with van der Waals surface area (Å²) in [5, 5.41) is 13.2. The molecule has 0 saturated heterocycles. The molecule has 0 heterocycles. The summed E-state index contributed by atoms with van der Waals surface area (Å²) in [6, 6.07) is 20.2. The summed E-state index contributed by atoms with van der Waals surface area (Å²) in [7, 11) is 8.20. The molecule has 0 aliphatic heterocycles. The first-order valence-corrected chi connectivity index (χ1v) is 8.14. The first-order chi connectivity index (χ1) is 11.5. The molecule has 124 valence electrons. The minimum atomic E-state index is -0.637. The zero-order valence-corrected chi connectivity index (χ0v) is 14.7. The molecule has 0 radical (unpaired) electrons. The van der Waals surface area contributed by atoms with Crippen molar-refractivity contribution in [3.8, 4) is 0 Å². The van der Waals surface area contributed by atoms with Crippen LogP contribution >= 0.6 is 0 Å². The number of hydrogen-bond donors (Lipinski definition) is 1. The minimum absolute atomic E-state index is 0.637. The Balaban J connectivity index is 2.28. The number of benzene rings is 3. The third kappa shape index (κ3) is 2.83. The third-order valence-electron chi connectivity index (χ3n) is 4.40. The SMILES string of the molecule is CN(C)c1cccc2c(C(O)c3ccccc3)ccc(N(C)C)c12. The molecule has 3 heteroatoms. The highest BCUT2D eigenvalue weighted by Gasteiger charge is 2.18. The lowest BCUT2D eigenvalue weighted by molar-refractivity contribution is 0.222. The van der Waals surface area contributed by atoms with Gasteiger partial charge in [0.2, 0.25) is 0 Å². The van der Waals surface area contributed by atoms with Crippen LogP contribution < -0.4 is 9.80 Å². The van der Waals surface area contributed by atoms with Gasteiger partial charge in [-0.1, -0.05) is 48.5 Å². The second kappa shape index (κ2) is 6.54. The van der Waals surface area contributed by atoms with Crippen molar-refractivity contribution < 1.29 is 5.11 Å². The second-order valence-electron chi connectivity index (χ2n) is 6.48. The molecule has 1 unspecified atom stereocenters. The molecule has 0 bridgehead atoms. The highest BCUT2D eigenvalue weighted by molar-refractivity contribution is 6.05. The zero-order chi connectivity index (χ0) is 17.3. The van der Waals surface area contributed by atoms with E-state index in [2.05, 4.69) is 62.3 Å². The van der Waals surface area contributed by atoms with E-state index >= 15 is 0 Å². The largest absolute Gasteiger partial charge is 0.384 e. The van der Waals surface area contributed by atoms with Crippen molar-refractivity contribution in [2.75, 3.05) is 38.0 Å². The fourth-order valence-electron chi connectivity index (χ4n) is 3.19. The van der Waals surface area contributed by atoms with Crippen LogP contribution in [0.5, 0.6) is 0 Å². The van der Waals surface area contributed by atoms with Crippen molar-refractivity contribution in [3.05, 3.63) is 71.8 Å². The number of hydrogen-bond acceptors (Lipinski definition) is 3. The Morgan fingerprint density at radius 1 is 0.708 bits per heavy atom. The molecular weight excluding hydrogens is 296 g/mol. The normalized spacial score (nSPS) is 12.2. The van der Waals surface area contributed by atoms with Crippen molar-refractivity contribution in [1.82, 2.24) is 0 Å². The van der Waals surface area contributed by atoms with Crippen LogP contribution in [0.3, 0.4) is 0 Å². The number of aliphatic hydroxyl groups excluding tert-OH is 1. The van der Waals surface area contributed by atoms with Gasteiger partial charge in [0.05, 0.1) is 0 Å². The number of anilines is 2.